The first kappa shape index (κ1) is 13.0. The molecule has 1 heterocycles. The van der Waals surface area contributed by atoms with Crippen LogP contribution in [0.2, 0.25) is 0 Å². The smallest absolute Gasteiger partial charge is 0.416 e. The van der Waals surface area contributed by atoms with Crippen molar-refractivity contribution < 1.29 is 23.1 Å². The predicted octanol–water partition coefficient (Wildman–Crippen LogP) is 3.24. The second-order valence-electron chi connectivity index (χ2n) is 5.11. The van der Waals surface area contributed by atoms with Gasteiger partial charge in [0.1, 0.15) is 6.04 Å². The molecule has 1 aromatic rings. The van der Waals surface area contributed by atoms with Gasteiger partial charge < -0.3 is 10.4 Å². The molecule has 2 aliphatic rings. The van der Waals surface area contributed by atoms with Crippen LogP contribution < -0.4 is 5.32 Å². The lowest BCUT2D eigenvalue weighted by Gasteiger charge is -2.35. The first-order valence-corrected chi connectivity index (χ1v) is 6.25. The van der Waals surface area contributed by atoms with Gasteiger partial charge in [0.2, 0.25) is 0 Å². The maximum atomic E-state index is 12.8. The van der Waals surface area contributed by atoms with Gasteiger partial charge in [0, 0.05) is 17.5 Å². The number of fused-ring (bicyclic) bond motifs is 3. The van der Waals surface area contributed by atoms with E-state index in [1.54, 1.807) is 6.08 Å². The van der Waals surface area contributed by atoms with Crippen LogP contribution in [0.5, 0.6) is 0 Å². The van der Waals surface area contributed by atoms with Gasteiger partial charge in [-0.05, 0) is 30.2 Å². The zero-order valence-electron chi connectivity index (χ0n) is 10.3. The summed E-state index contributed by atoms with van der Waals surface area (Å²) in [6.45, 7) is 0. The molecule has 0 spiro atoms. The van der Waals surface area contributed by atoms with Crippen LogP contribution >= 0.6 is 0 Å². The Morgan fingerprint density at radius 2 is 2.10 bits per heavy atom. The molecule has 0 saturated heterocycles. The number of carboxylic acid groups (broad SMARTS) is 1. The highest BCUT2D eigenvalue weighted by Crippen LogP contribution is 2.46. The number of halogens is 3. The van der Waals surface area contributed by atoms with Gasteiger partial charge in [-0.1, -0.05) is 12.2 Å². The van der Waals surface area contributed by atoms with E-state index in [9.17, 15) is 23.1 Å². The van der Waals surface area contributed by atoms with Crippen LogP contribution in [0, 0.1) is 5.92 Å². The zero-order valence-corrected chi connectivity index (χ0v) is 10.3. The van der Waals surface area contributed by atoms with Crippen molar-refractivity contribution in [3.05, 3.63) is 41.5 Å². The normalized spacial score (nSPS) is 27.6. The molecule has 0 fully saturated rings. The monoisotopic (exact) mass is 283 g/mol. The van der Waals surface area contributed by atoms with E-state index < -0.39 is 23.8 Å². The van der Waals surface area contributed by atoms with E-state index in [1.807, 2.05) is 6.08 Å². The number of rotatable bonds is 1. The molecule has 6 heteroatoms. The minimum absolute atomic E-state index is 0.233. The molecule has 20 heavy (non-hydrogen) atoms. The number of nitrogens with one attached hydrogen (secondary N) is 1. The molecule has 3 nitrogen and oxygen atoms in total. The largest absolute Gasteiger partial charge is 0.480 e. The average Bonchev–Trinajstić information content (AvgIpc) is 2.85. The number of hydrogen-bond acceptors (Lipinski definition) is 2. The number of aliphatic carboxylic acids is 1. The molecule has 0 radical (unpaired) electrons. The predicted molar refractivity (Wildman–Crippen MR) is 66.5 cm³/mol. The van der Waals surface area contributed by atoms with Crippen LogP contribution in [0.1, 0.15) is 23.5 Å². The first-order valence-electron chi connectivity index (χ1n) is 6.25. The third-order valence-electron chi connectivity index (χ3n) is 3.96. The van der Waals surface area contributed by atoms with Crippen molar-refractivity contribution in [1.82, 2.24) is 0 Å². The third kappa shape index (κ3) is 1.95. The molecule has 1 aliphatic carbocycles. The van der Waals surface area contributed by atoms with Gasteiger partial charge >= 0.3 is 12.1 Å². The SMILES string of the molecule is O=C(O)C1Nc2ccc(C(F)(F)F)cc2C2C=CCC12. The molecule has 3 unspecified atom stereocenters. The van der Waals surface area contributed by atoms with Crippen molar-refractivity contribution in [3.8, 4) is 0 Å². The maximum absolute atomic E-state index is 12.8. The molecule has 1 aliphatic heterocycles. The molecule has 106 valence electrons. The van der Waals surface area contributed by atoms with Crippen molar-refractivity contribution in [3.63, 3.8) is 0 Å². The summed E-state index contributed by atoms with van der Waals surface area (Å²) in [5.41, 5.74) is 0.292. The number of hydrogen-bond donors (Lipinski definition) is 2. The van der Waals surface area contributed by atoms with Crippen molar-refractivity contribution in [1.29, 1.82) is 0 Å². The Morgan fingerprint density at radius 3 is 2.75 bits per heavy atom. The molecule has 3 atom stereocenters. The Kier molecular flexibility index (Phi) is 2.77. The van der Waals surface area contributed by atoms with Gasteiger partial charge in [0.15, 0.2) is 0 Å². The fourth-order valence-corrected chi connectivity index (χ4v) is 3.02. The molecule has 3 rings (SSSR count). The number of alkyl halides is 3. The molecule has 0 aromatic heterocycles. The zero-order chi connectivity index (χ0) is 14.5. The molecule has 1 aromatic carbocycles. The van der Waals surface area contributed by atoms with Crippen LogP contribution in [0.3, 0.4) is 0 Å². The van der Waals surface area contributed by atoms with E-state index in [0.717, 1.165) is 12.1 Å². The van der Waals surface area contributed by atoms with Crippen molar-refractivity contribution in [2.24, 2.45) is 5.92 Å². The highest BCUT2D eigenvalue weighted by Gasteiger charge is 2.42. The quantitative estimate of drug-likeness (QED) is 0.778. The van der Waals surface area contributed by atoms with Gasteiger partial charge in [0.05, 0.1) is 5.56 Å². The number of anilines is 1. The molecule has 0 saturated carbocycles. The summed E-state index contributed by atoms with van der Waals surface area (Å²) in [5.74, 6) is -1.48. The number of carbonyl (C=O) groups is 1. The molecule has 0 bridgehead atoms. The Morgan fingerprint density at radius 1 is 1.35 bits per heavy atom. The van der Waals surface area contributed by atoms with Crippen molar-refractivity contribution >= 4 is 11.7 Å². The summed E-state index contributed by atoms with van der Waals surface area (Å²) in [6, 6.07) is 2.65. The van der Waals surface area contributed by atoms with E-state index in [-0.39, 0.29) is 11.8 Å². The molecule has 2 N–H and O–H groups in total. The minimum Gasteiger partial charge on any atom is -0.480 e. The standard InChI is InChI=1S/C14H12F3NO2/c15-14(16,17)7-4-5-11-10(6-7)8-2-1-3-9(8)12(18-11)13(19)20/h1-2,4-6,8-9,12,18H,3H2,(H,19,20). The topological polar surface area (TPSA) is 49.3 Å². The summed E-state index contributed by atoms with van der Waals surface area (Å²) in [5, 5.41) is 12.1. The van der Waals surface area contributed by atoms with E-state index in [4.69, 9.17) is 0 Å². The van der Waals surface area contributed by atoms with Gasteiger partial charge in [-0.2, -0.15) is 13.2 Å². The number of benzene rings is 1. The third-order valence-corrected chi connectivity index (χ3v) is 3.96. The molecular formula is C14H12F3NO2. The van der Waals surface area contributed by atoms with E-state index in [0.29, 0.717) is 17.7 Å². The van der Waals surface area contributed by atoms with Crippen molar-refractivity contribution in [2.45, 2.75) is 24.6 Å². The number of carboxylic acids is 1. The van der Waals surface area contributed by atoms with Crippen molar-refractivity contribution in [2.75, 3.05) is 5.32 Å². The lowest BCUT2D eigenvalue weighted by molar-refractivity contribution is -0.140. The summed E-state index contributed by atoms with van der Waals surface area (Å²) >= 11 is 0. The summed E-state index contributed by atoms with van der Waals surface area (Å²) in [7, 11) is 0. The summed E-state index contributed by atoms with van der Waals surface area (Å²) < 4.78 is 38.3. The van der Waals surface area contributed by atoms with Gasteiger partial charge in [-0.25, -0.2) is 4.79 Å². The fraction of sp³-hybridized carbons (Fsp3) is 0.357. The van der Waals surface area contributed by atoms with Crippen LogP contribution in [0.4, 0.5) is 18.9 Å². The fourth-order valence-electron chi connectivity index (χ4n) is 3.02. The van der Waals surface area contributed by atoms with E-state index in [2.05, 4.69) is 5.32 Å². The second kappa shape index (κ2) is 4.26. The first-order chi connectivity index (χ1) is 9.38. The summed E-state index contributed by atoms with van der Waals surface area (Å²) in [6.07, 6.45) is -0.191. The lowest BCUT2D eigenvalue weighted by atomic mass is 9.79. The van der Waals surface area contributed by atoms with Crippen LogP contribution in [-0.2, 0) is 11.0 Å². The van der Waals surface area contributed by atoms with Crippen LogP contribution in [0.15, 0.2) is 30.4 Å². The Balaban J connectivity index is 2.07. The van der Waals surface area contributed by atoms with Gasteiger partial charge in [-0.15, -0.1) is 0 Å². The Labute approximate surface area is 113 Å². The minimum atomic E-state index is -4.39. The summed E-state index contributed by atoms with van der Waals surface area (Å²) in [4.78, 5) is 11.3. The van der Waals surface area contributed by atoms with E-state index in [1.165, 1.54) is 6.07 Å². The Bertz CT molecular complexity index is 595. The van der Waals surface area contributed by atoms with Gasteiger partial charge in [0.25, 0.3) is 0 Å². The van der Waals surface area contributed by atoms with Crippen LogP contribution in [0.25, 0.3) is 0 Å². The molecular weight excluding hydrogens is 271 g/mol. The molecule has 0 amide bonds. The van der Waals surface area contributed by atoms with E-state index >= 15 is 0 Å². The Hall–Kier alpha value is -1.98. The highest BCUT2D eigenvalue weighted by molar-refractivity contribution is 5.80. The maximum Gasteiger partial charge on any atom is 0.416 e. The highest BCUT2D eigenvalue weighted by atomic mass is 19.4. The number of allylic oxidation sites excluding steroid dienone is 2. The second-order valence-corrected chi connectivity index (χ2v) is 5.11. The average molecular weight is 283 g/mol. The lowest BCUT2D eigenvalue weighted by Crippen LogP contribution is -2.41. The van der Waals surface area contributed by atoms with Crippen LogP contribution in [-0.4, -0.2) is 17.1 Å². The van der Waals surface area contributed by atoms with Gasteiger partial charge in [-0.3, -0.25) is 0 Å².